The summed E-state index contributed by atoms with van der Waals surface area (Å²) in [7, 11) is 0. The van der Waals surface area contributed by atoms with Crippen molar-refractivity contribution in [2.75, 3.05) is 42.9 Å². The number of benzene rings is 2. The normalized spacial score (nSPS) is 22.2. The zero-order valence-electron chi connectivity index (χ0n) is 16.6. The van der Waals surface area contributed by atoms with Gasteiger partial charge in [-0.1, -0.05) is 36.7 Å². The highest BCUT2D eigenvalue weighted by atomic mass is 35.5. The molecule has 4 nitrogen and oxygen atoms in total. The second-order valence-electron chi connectivity index (χ2n) is 7.88. The van der Waals surface area contributed by atoms with Gasteiger partial charge in [0, 0.05) is 48.5 Å². The Kier molecular flexibility index (Phi) is 5.61. The molecule has 0 radical (unpaired) electrons. The van der Waals surface area contributed by atoms with Crippen molar-refractivity contribution in [3.05, 3.63) is 58.6 Å². The molecule has 2 aromatic carbocycles. The van der Waals surface area contributed by atoms with E-state index in [0.717, 1.165) is 61.0 Å². The lowest BCUT2D eigenvalue weighted by Gasteiger charge is -2.35. The van der Waals surface area contributed by atoms with Crippen LogP contribution in [0.2, 0.25) is 5.02 Å². The molecule has 1 N–H and O–H groups in total. The molecular formula is C23H28ClN3O. The fourth-order valence-electron chi connectivity index (χ4n) is 4.14. The number of carbonyl (C=O) groups excluding carboxylic acids is 1. The van der Waals surface area contributed by atoms with Crippen molar-refractivity contribution < 1.29 is 4.79 Å². The number of carbonyl (C=O) groups is 1. The van der Waals surface area contributed by atoms with Gasteiger partial charge in [0.25, 0.3) is 0 Å². The highest BCUT2D eigenvalue weighted by molar-refractivity contribution is 6.31. The van der Waals surface area contributed by atoms with Crippen molar-refractivity contribution >= 4 is 28.9 Å². The SMILES string of the molecule is CCN1CCN(c2ccc(NC(=O)C3CC3c3ccccc3Cl)c(C)c2)CC1. The number of anilines is 2. The lowest BCUT2D eigenvalue weighted by atomic mass is 10.1. The smallest absolute Gasteiger partial charge is 0.228 e. The Balaban J connectivity index is 1.38. The van der Waals surface area contributed by atoms with E-state index in [1.807, 2.05) is 30.3 Å². The van der Waals surface area contributed by atoms with E-state index in [-0.39, 0.29) is 17.7 Å². The minimum atomic E-state index is 0.0149. The van der Waals surface area contributed by atoms with Crippen molar-refractivity contribution in [3.8, 4) is 0 Å². The molecule has 5 heteroatoms. The Morgan fingerprint density at radius 1 is 1.14 bits per heavy atom. The first-order valence-electron chi connectivity index (χ1n) is 10.2. The molecule has 1 aliphatic heterocycles. The monoisotopic (exact) mass is 397 g/mol. The molecule has 0 spiro atoms. The van der Waals surface area contributed by atoms with Crippen LogP contribution in [-0.2, 0) is 4.79 Å². The molecule has 1 saturated heterocycles. The average molecular weight is 398 g/mol. The second kappa shape index (κ2) is 8.14. The van der Waals surface area contributed by atoms with Gasteiger partial charge in [0.05, 0.1) is 0 Å². The number of nitrogens with one attached hydrogen (secondary N) is 1. The summed E-state index contributed by atoms with van der Waals surface area (Å²) in [6.45, 7) is 9.74. The number of hydrogen-bond donors (Lipinski definition) is 1. The van der Waals surface area contributed by atoms with Crippen LogP contribution in [0.15, 0.2) is 42.5 Å². The Labute approximate surface area is 172 Å². The van der Waals surface area contributed by atoms with Crippen LogP contribution in [0.4, 0.5) is 11.4 Å². The summed E-state index contributed by atoms with van der Waals surface area (Å²) in [5, 5.41) is 3.88. The first kappa shape index (κ1) is 19.3. The number of aryl methyl sites for hydroxylation is 1. The third-order valence-electron chi connectivity index (χ3n) is 6.08. The van der Waals surface area contributed by atoms with E-state index in [9.17, 15) is 4.79 Å². The number of hydrogen-bond acceptors (Lipinski definition) is 3. The summed E-state index contributed by atoms with van der Waals surface area (Å²) in [4.78, 5) is 17.6. The quantitative estimate of drug-likeness (QED) is 0.804. The Morgan fingerprint density at radius 2 is 1.89 bits per heavy atom. The van der Waals surface area contributed by atoms with Crippen LogP contribution in [0, 0.1) is 12.8 Å². The predicted molar refractivity (Wildman–Crippen MR) is 116 cm³/mol. The maximum absolute atomic E-state index is 12.7. The van der Waals surface area contributed by atoms with Crippen molar-refractivity contribution in [1.29, 1.82) is 0 Å². The number of likely N-dealkylation sites (N-methyl/N-ethyl adjacent to an activating group) is 1. The molecule has 148 valence electrons. The maximum atomic E-state index is 12.7. The van der Waals surface area contributed by atoms with Gasteiger partial charge < -0.3 is 15.1 Å². The second-order valence-corrected chi connectivity index (χ2v) is 8.29. The summed E-state index contributed by atoms with van der Waals surface area (Å²) in [6, 6.07) is 14.2. The van der Waals surface area contributed by atoms with Gasteiger partial charge in [-0.2, -0.15) is 0 Å². The highest BCUT2D eigenvalue weighted by Crippen LogP contribution is 2.50. The highest BCUT2D eigenvalue weighted by Gasteiger charge is 2.44. The molecule has 2 atom stereocenters. The molecule has 1 amide bonds. The predicted octanol–water partition coefficient (Wildman–Crippen LogP) is 4.53. The molecule has 1 saturated carbocycles. The molecule has 1 aliphatic carbocycles. The largest absolute Gasteiger partial charge is 0.369 e. The van der Waals surface area contributed by atoms with Gasteiger partial charge >= 0.3 is 0 Å². The summed E-state index contributed by atoms with van der Waals surface area (Å²) in [5.41, 5.74) is 4.35. The van der Waals surface area contributed by atoms with E-state index in [4.69, 9.17) is 11.6 Å². The van der Waals surface area contributed by atoms with Gasteiger partial charge in [-0.15, -0.1) is 0 Å². The average Bonchev–Trinajstić information content (AvgIpc) is 3.51. The topological polar surface area (TPSA) is 35.6 Å². The van der Waals surface area contributed by atoms with Crippen LogP contribution in [-0.4, -0.2) is 43.5 Å². The molecule has 28 heavy (non-hydrogen) atoms. The number of halogens is 1. The van der Waals surface area contributed by atoms with Crippen LogP contribution >= 0.6 is 11.6 Å². The number of rotatable bonds is 5. The molecule has 4 rings (SSSR count). The Bertz CT molecular complexity index is 861. The zero-order chi connectivity index (χ0) is 19.7. The molecule has 0 aromatic heterocycles. The number of amides is 1. The van der Waals surface area contributed by atoms with Crippen molar-refractivity contribution in [2.45, 2.75) is 26.2 Å². The lowest BCUT2D eigenvalue weighted by Crippen LogP contribution is -2.46. The van der Waals surface area contributed by atoms with Crippen molar-refractivity contribution in [2.24, 2.45) is 5.92 Å². The number of piperazine rings is 1. The van der Waals surface area contributed by atoms with E-state index in [0.29, 0.717) is 0 Å². The number of nitrogens with zero attached hydrogens (tertiary/aromatic N) is 2. The van der Waals surface area contributed by atoms with Crippen LogP contribution < -0.4 is 10.2 Å². The zero-order valence-corrected chi connectivity index (χ0v) is 17.4. The third-order valence-corrected chi connectivity index (χ3v) is 6.43. The van der Waals surface area contributed by atoms with E-state index < -0.39 is 0 Å². The van der Waals surface area contributed by atoms with Gasteiger partial charge in [0.15, 0.2) is 0 Å². The van der Waals surface area contributed by atoms with Crippen molar-refractivity contribution in [1.82, 2.24) is 4.90 Å². The van der Waals surface area contributed by atoms with Crippen molar-refractivity contribution in [3.63, 3.8) is 0 Å². The van der Waals surface area contributed by atoms with E-state index in [1.165, 1.54) is 5.69 Å². The first-order chi connectivity index (χ1) is 13.6. The molecular weight excluding hydrogens is 370 g/mol. The minimum Gasteiger partial charge on any atom is -0.369 e. The lowest BCUT2D eigenvalue weighted by molar-refractivity contribution is -0.117. The van der Waals surface area contributed by atoms with Crippen LogP contribution in [0.1, 0.15) is 30.4 Å². The van der Waals surface area contributed by atoms with Gasteiger partial charge in [-0.25, -0.2) is 0 Å². The molecule has 2 aliphatic rings. The fraction of sp³-hybridized carbons (Fsp3) is 0.435. The minimum absolute atomic E-state index is 0.0149. The first-order valence-corrected chi connectivity index (χ1v) is 10.6. The molecule has 1 heterocycles. The molecule has 0 bridgehead atoms. The van der Waals surface area contributed by atoms with E-state index in [1.54, 1.807) is 0 Å². The third kappa shape index (κ3) is 4.03. The summed E-state index contributed by atoms with van der Waals surface area (Å²) in [5.74, 6) is 0.349. The van der Waals surface area contributed by atoms with E-state index >= 15 is 0 Å². The fourth-order valence-corrected chi connectivity index (χ4v) is 4.41. The van der Waals surface area contributed by atoms with Crippen LogP contribution in [0.3, 0.4) is 0 Å². The summed E-state index contributed by atoms with van der Waals surface area (Å²) < 4.78 is 0. The molecule has 2 aromatic rings. The van der Waals surface area contributed by atoms with Gasteiger partial charge in [0.1, 0.15) is 0 Å². The van der Waals surface area contributed by atoms with Crippen LogP contribution in [0.25, 0.3) is 0 Å². The standard InChI is InChI=1S/C23H28ClN3O/c1-3-26-10-12-27(13-11-26)17-8-9-22(16(2)14-17)25-23(28)20-15-19(20)18-6-4-5-7-21(18)24/h4-9,14,19-20H,3,10-13,15H2,1-2H3,(H,25,28). The maximum Gasteiger partial charge on any atom is 0.228 e. The van der Waals surface area contributed by atoms with Gasteiger partial charge in [0.2, 0.25) is 5.91 Å². The Hall–Kier alpha value is -2.04. The summed E-state index contributed by atoms with van der Waals surface area (Å²) >= 11 is 6.28. The molecule has 2 fully saturated rings. The van der Waals surface area contributed by atoms with E-state index in [2.05, 4.69) is 41.1 Å². The van der Waals surface area contributed by atoms with Gasteiger partial charge in [-0.05, 0) is 61.2 Å². The van der Waals surface area contributed by atoms with Crippen LogP contribution in [0.5, 0.6) is 0 Å². The Morgan fingerprint density at radius 3 is 2.57 bits per heavy atom. The molecule has 2 unspecified atom stereocenters. The summed E-state index contributed by atoms with van der Waals surface area (Å²) in [6.07, 6.45) is 0.869. The van der Waals surface area contributed by atoms with Gasteiger partial charge in [-0.3, -0.25) is 4.79 Å².